The Bertz CT molecular complexity index is 1000. The van der Waals surface area contributed by atoms with Crippen LogP contribution in [0.1, 0.15) is 17.8 Å². The van der Waals surface area contributed by atoms with Gasteiger partial charge in [-0.3, -0.25) is 9.36 Å². The predicted octanol–water partition coefficient (Wildman–Crippen LogP) is 3.70. The van der Waals surface area contributed by atoms with Gasteiger partial charge in [-0.1, -0.05) is 23.7 Å². The van der Waals surface area contributed by atoms with Crippen LogP contribution in [0.4, 0.5) is 0 Å². The van der Waals surface area contributed by atoms with Crippen molar-refractivity contribution in [2.75, 3.05) is 0 Å². The standard InChI is InChI=1S/C18H13ClN2O2/c19-13-3-6-15-16(10-13)20-17-12(7-8-21(17)18(15)23)9-11-1-4-14(22)5-2-11/h1-6,9-10,22H,7-8H2. The highest BCUT2D eigenvalue weighted by Gasteiger charge is 2.20. The summed E-state index contributed by atoms with van der Waals surface area (Å²) in [4.78, 5) is 17.2. The molecule has 4 nitrogen and oxygen atoms in total. The van der Waals surface area contributed by atoms with Crippen molar-refractivity contribution in [2.24, 2.45) is 0 Å². The van der Waals surface area contributed by atoms with Gasteiger partial charge in [0.25, 0.3) is 5.56 Å². The average Bonchev–Trinajstić information content (AvgIpc) is 2.93. The number of hydrogen-bond acceptors (Lipinski definition) is 3. The SMILES string of the molecule is O=c1c2ccc(Cl)cc2nc2n1CCC2=Cc1ccc(O)cc1. The Morgan fingerprint density at radius 2 is 1.96 bits per heavy atom. The summed E-state index contributed by atoms with van der Waals surface area (Å²) < 4.78 is 1.71. The van der Waals surface area contributed by atoms with E-state index in [9.17, 15) is 9.90 Å². The van der Waals surface area contributed by atoms with Gasteiger partial charge in [0.05, 0.1) is 10.9 Å². The Balaban J connectivity index is 1.89. The minimum atomic E-state index is -0.0317. The molecule has 2 heterocycles. The molecular formula is C18H13ClN2O2. The molecule has 23 heavy (non-hydrogen) atoms. The van der Waals surface area contributed by atoms with E-state index in [2.05, 4.69) is 4.98 Å². The largest absolute Gasteiger partial charge is 0.508 e. The van der Waals surface area contributed by atoms with Crippen LogP contribution >= 0.6 is 11.6 Å². The van der Waals surface area contributed by atoms with Crippen molar-refractivity contribution in [2.45, 2.75) is 13.0 Å². The molecule has 1 aliphatic heterocycles. The first-order valence-electron chi connectivity index (χ1n) is 7.32. The number of phenolic OH excluding ortho intramolecular Hbond substituents is 1. The van der Waals surface area contributed by atoms with Gasteiger partial charge >= 0.3 is 0 Å². The van der Waals surface area contributed by atoms with E-state index in [1.54, 1.807) is 34.9 Å². The molecule has 0 unspecified atom stereocenters. The van der Waals surface area contributed by atoms with Crippen LogP contribution in [0.15, 0.2) is 47.3 Å². The Labute approximate surface area is 137 Å². The molecule has 0 bridgehead atoms. The lowest BCUT2D eigenvalue weighted by Gasteiger charge is -2.06. The van der Waals surface area contributed by atoms with E-state index in [4.69, 9.17) is 11.6 Å². The number of fused-ring (bicyclic) bond motifs is 2. The van der Waals surface area contributed by atoms with E-state index in [1.165, 1.54) is 0 Å². The minimum Gasteiger partial charge on any atom is -0.508 e. The molecule has 0 saturated heterocycles. The molecule has 0 aliphatic carbocycles. The number of allylic oxidation sites excluding steroid dienone is 1. The molecule has 0 radical (unpaired) electrons. The zero-order chi connectivity index (χ0) is 16.0. The van der Waals surface area contributed by atoms with E-state index in [-0.39, 0.29) is 11.3 Å². The first-order valence-corrected chi connectivity index (χ1v) is 7.70. The summed E-state index contributed by atoms with van der Waals surface area (Å²) in [5.74, 6) is 0.923. The number of hydrogen-bond donors (Lipinski definition) is 1. The summed E-state index contributed by atoms with van der Waals surface area (Å²) in [5, 5.41) is 10.5. The van der Waals surface area contributed by atoms with E-state index >= 15 is 0 Å². The summed E-state index contributed by atoms with van der Waals surface area (Å²) >= 11 is 6.02. The molecule has 0 amide bonds. The van der Waals surface area contributed by atoms with Gasteiger partial charge in [0.2, 0.25) is 0 Å². The number of aromatic hydroxyl groups is 1. The quantitative estimate of drug-likeness (QED) is 0.742. The number of phenols is 1. The second kappa shape index (κ2) is 5.25. The van der Waals surface area contributed by atoms with Crippen LogP contribution in [0.5, 0.6) is 5.75 Å². The third kappa shape index (κ3) is 2.41. The third-order valence-corrected chi connectivity index (χ3v) is 4.28. The first kappa shape index (κ1) is 14.0. The highest BCUT2D eigenvalue weighted by Crippen LogP contribution is 2.28. The summed E-state index contributed by atoms with van der Waals surface area (Å²) in [6, 6.07) is 12.1. The zero-order valence-electron chi connectivity index (χ0n) is 12.2. The van der Waals surface area contributed by atoms with Crippen LogP contribution in [-0.2, 0) is 6.54 Å². The molecule has 0 saturated carbocycles. The smallest absolute Gasteiger partial charge is 0.261 e. The van der Waals surface area contributed by atoms with Crippen LogP contribution in [0.25, 0.3) is 22.6 Å². The lowest BCUT2D eigenvalue weighted by Crippen LogP contribution is -2.20. The van der Waals surface area contributed by atoms with Crippen LogP contribution in [0, 0.1) is 0 Å². The molecule has 1 aliphatic rings. The van der Waals surface area contributed by atoms with Crippen molar-refractivity contribution in [1.29, 1.82) is 0 Å². The van der Waals surface area contributed by atoms with Crippen molar-refractivity contribution in [3.05, 3.63) is 69.2 Å². The molecule has 4 rings (SSSR count). The van der Waals surface area contributed by atoms with Crippen molar-refractivity contribution < 1.29 is 5.11 Å². The fourth-order valence-electron chi connectivity index (χ4n) is 2.90. The van der Waals surface area contributed by atoms with Crippen LogP contribution in [0.2, 0.25) is 5.02 Å². The fraction of sp³-hybridized carbons (Fsp3) is 0.111. The number of benzene rings is 2. The number of rotatable bonds is 1. The maximum absolute atomic E-state index is 12.6. The lowest BCUT2D eigenvalue weighted by atomic mass is 10.1. The Hall–Kier alpha value is -2.59. The van der Waals surface area contributed by atoms with Crippen molar-refractivity contribution in [3.8, 4) is 5.75 Å². The number of aromatic nitrogens is 2. The lowest BCUT2D eigenvalue weighted by molar-refractivity contribution is 0.475. The second-order valence-electron chi connectivity index (χ2n) is 5.56. The van der Waals surface area contributed by atoms with Crippen molar-refractivity contribution >= 4 is 34.2 Å². The Kier molecular flexibility index (Phi) is 3.20. The van der Waals surface area contributed by atoms with Crippen molar-refractivity contribution in [3.63, 3.8) is 0 Å². The van der Waals surface area contributed by atoms with Crippen LogP contribution in [0.3, 0.4) is 0 Å². The molecule has 114 valence electrons. The molecule has 1 aromatic heterocycles. The topological polar surface area (TPSA) is 55.1 Å². The summed E-state index contributed by atoms with van der Waals surface area (Å²) in [5.41, 5.74) is 2.56. The molecule has 2 aromatic carbocycles. The minimum absolute atomic E-state index is 0.0317. The Morgan fingerprint density at radius 3 is 2.74 bits per heavy atom. The van der Waals surface area contributed by atoms with Crippen LogP contribution in [-0.4, -0.2) is 14.7 Å². The molecule has 3 aromatic rings. The molecule has 0 atom stereocenters. The van der Waals surface area contributed by atoms with Crippen molar-refractivity contribution in [1.82, 2.24) is 9.55 Å². The van der Waals surface area contributed by atoms with Gasteiger partial charge in [-0.25, -0.2) is 4.98 Å². The van der Waals surface area contributed by atoms with E-state index < -0.39 is 0 Å². The van der Waals surface area contributed by atoms with Gasteiger partial charge in [0, 0.05) is 11.6 Å². The second-order valence-corrected chi connectivity index (χ2v) is 6.00. The predicted molar refractivity (Wildman–Crippen MR) is 91.6 cm³/mol. The highest BCUT2D eigenvalue weighted by molar-refractivity contribution is 6.31. The van der Waals surface area contributed by atoms with Gasteiger partial charge in [-0.2, -0.15) is 0 Å². The maximum atomic E-state index is 12.6. The monoisotopic (exact) mass is 324 g/mol. The third-order valence-electron chi connectivity index (χ3n) is 4.04. The van der Waals surface area contributed by atoms with E-state index in [0.717, 1.165) is 17.6 Å². The van der Waals surface area contributed by atoms with Gasteiger partial charge in [0.1, 0.15) is 11.6 Å². The average molecular weight is 325 g/mol. The summed E-state index contributed by atoms with van der Waals surface area (Å²) in [7, 11) is 0. The van der Waals surface area contributed by atoms with E-state index in [0.29, 0.717) is 28.3 Å². The van der Waals surface area contributed by atoms with Gasteiger partial charge in [-0.15, -0.1) is 0 Å². The Morgan fingerprint density at radius 1 is 1.17 bits per heavy atom. The van der Waals surface area contributed by atoms with Gasteiger partial charge in [0.15, 0.2) is 0 Å². The summed E-state index contributed by atoms with van der Waals surface area (Å²) in [6.07, 6.45) is 2.76. The fourth-order valence-corrected chi connectivity index (χ4v) is 3.07. The molecular weight excluding hydrogens is 312 g/mol. The maximum Gasteiger partial charge on any atom is 0.261 e. The summed E-state index contributed by atoms with van der Waals surface area (Å²) in [6.45, 7) is 0.629. The van der Waals surface area contributed by atoms with Gasteiger partial charge in [-0.05, 0) is 54.0 Å². The molecule has 1 N–H and O–H groups in total. The molecule has 0 spiro atoms. The first-order chi connectivity index (χ1) is 11.1. The zero-order valence-corrected chi connectivity index (χ0v) is 12.9. The number of nitrogens with zero attached hydrogens (tertiary/aromatic N) is 2. The highest BCUT2D eigenvalue weighted by atomic mass is 35.5. The molecule has 5 heteroatoms. The van der Waals surface area contributed by atoms with E-state index in [1.807, 2.05) is 18.2 Å². The van der Waals surface area contributed by atoms with Gasteiger partial charge < -0.3 is 5.11 Å². The molecule has 0 fully saturated rings. The number of halogens is 1. The normalized spacial score (nSPS) is 15.3. The van der Waals surface area contributed by atoms with Crippen LogP contribution < -0.4 is 5.56 Å².